The number of nitrogens with one attached hydrogen (secondary N) is 1. The minimum absolute atomic E-state index is 0.0242. The largest absolute Gasteiger partial charge is 0.370 e. The van der Waals surface area contributed by atoms with E-state index >= 15 is 0 Å². The molecule has 3 nitrogen and oxygen atoms in total. The molecule has 106 valence electrons. The number of hydrogen-bond donors (Lipinski definition) is 2. The highest BCUT2D eigenvalue weighted by Gasteiger charge is 2.39. The maximum Gasteiger partial charge on any atom is 0.219 e. The maximum atomic E-state index is 11.3. The van der Waals surface area contributed by atoms with Gasteiger partial charge in [-0.15, -0.1) is 0 Å². The van der Waals surface area contributed by atoms with Gasteiger partial charge in [0, 0.05) is 12.0 Å². The van der Waals surface area contributed by atoms with Crippen LogP contribution in [-0.2, 0) is 4.79 Å². The van der Waals surface area contributed by atoms with E-state index in [2.05, 4.69) is 33.0 Å². The fraction of sp³-hybridized carbons (Fsp3) is 0.933. The molecule has 3 heteroatoms. The predicted octanol–water partition coefficient (Wildman–Crippen LogP) is 2.84. The molecule has 1 aliphatic rings. The average molecular weight is 254 g/mol. The smallest absolute Gasteiger partial charge is 0.219 e. The first kappa shape index (κ1) is 15.5. The fourth-order valence-corrected chi connectivity index (χ4v) is 3.18. The van der Waals surface area contributed by atoms with Gasteiger partial charge in [-0.3, -0.25) is 4.79 Å². The van der Waals surface area contributed by atoms with E-state index in [0.717, 1.165) is 31.7 Å². The first-order chi connectivity index (χ1) is 8.29. The van der Waals surface area contributed by atoms with Gasteiger partial charge in [0.2, 0.25) is 5.91 Å². The van der Waals surface area contributed by atoms with Crippen LogP contribution < -0.4 is 11.1 Å². The first-order valence-electron chi connectivity index (χ1n) is 7.32. The third kappa shape index (κ3) is 4.27. The third-order valence-corrected chi connectivity index (χ3v) is 4.43. The molecule has 0 bridgehead atoms. The average Bonchev–Trinajstić information content (AvgIpc) is 2.25. The summed E-state index contributed by atoms with van der Waals surface area (Å²) in [6, 6.07) is 0. The molecule has 0 radical (unpaired) electrons. The fourth-order valence-electron chi connectivity index (χ4n) is 3.18. The van der Waals surface area contributed by atoms with Gasteiger partial charge in [-0.05, 0) is 50.0 Å². The van der Waals surface area contributed by atoms with Crippen LogP contribution in [0.5, 0.6) is 0 Å². The van der Waals surface area contributed by atoms with Crippen molar-refractivity contribution in [2.45, 2.75) is 71.8 Å². The molecule has 1 rings (SSSR count). The van der Waals surface area contributed by atoms with Crippen molar-refractivity contribution in [2.75, 3.05) is 6.54 Å². The molecular formula is C15H30N2O. The van der Waals surface area contributed by atoms with E-state index in [4.69, 9.17) is 5.73 Å². The number of rotatable bonds is 5. The Bertz CT molecular complexity index is 273. The Kier molecular flexibility index (Phi) is 5.20. The van der Waals surface area contributed by atoms with Gasteiger partial charge in [0.15, 0.2) is 0 Å². The van der Waals surface area contributed by atoms with Crippen LogP contribution in [0.4, 0.5) is 0 Å². The molecule has 0 saturated heterocycles. The zero-order valence-corrected chi connectivity index (χ0v) is 12.5. The summed E-state index contributed by atoms with van der Waals surface area (Å²) >= 11 is 0. The minimum atomic E-state index is -0.173. The molecule has 0 aromatic rings. The van der Waals surface area contributed by atoms with E-state index in [1.807, 2.05) is 0 Å². The normalized spacial score (nSPS) is 29.2. The Hall–Kier alpha value is -0.570. The van der Waals surface area contributed by atoms with E-state index in [1.54, 1.807) is 0 Å². The van der Waals surface area contributed by atoms with Gasteiger partial charge in [-0.25, -0.2) is 0 Å². The van der Waals surface area contributed by atoms with Crippen molar-refractivity contribution in [3.05, 3.63) is 0 Å². The molecule has 0 heterocycles. The summed E-state index contributed by atoms with van der Waals surface area (Å²) in [5.41, 5.74) is 5.78. The molecule has 1 amide bonds. The monoisotopic (exact) mass is 254 g/mol. The number of carbonyl (C=O) groups excluding carboxylic acids is 1. The molecule has 0 atom stereocenters. The molecule has 0 aromatic heterocycles. The lowest BCUT2D eigenvalue weighted by Crippen LogP contribution is -2.51. The lowest BCUT2D eigenvalue weighted by atomic mass is 9.66. The molecule has 1 fully saturated rings. The second-order valence-corrected chi connectivity index (χ2v) is 6.99. The van der Waals surface area contributed by atoms with Crippen LogP contribution in [0.15, 0.2) is 0 Å². The molecule has 0 spiro atoms. The van der Waals surface area contributed by atoms with Crippen molar-refractivity contribution >= 4 is 5.91 Å². The Morgan fingerprint density at radius 2 is 1.89 bits per heavy atom. The molecule has 1 saturated carbocycles. The molecule has 0 aromatic carbocycles. The van der Waals surface area contributed by atoms with Crippen LogP contribution in [0.1, 0.15) is 66.2 Å². The highest BCUT2D eigenvalue weighted by Crippen LogP contribution is 2.42. The van der Waals surface area contributed by atoms with Gasteiger partial charge in [0.25, 0.3) is 0 Å². The summed E-state index contributed by atoms with van der Waals surface area (Å²) in [5, 5.41) is 3.59. The van der Waals surface area contributed by atoms with Crippen LogP contribution in [0.25, 0.3) is 0 Å². The topological polar surface area (TPSA) is 55.1 Å². The van der Waals surface area contributed by atoms with Crippen molar-refractivity contribution in [3.8, 4) is 0 Å². The van der Waals surface area contributed by atoms with Crippen molar-refractivity contribution < 1.29 is 4.79 Å². The zero-order valence-electron chi connectivity index (χ0n) is 12.5. The SMILES string of the molecule is CCCNC1(CC(N)=O)CCC(C(C)(C)C)CC1. The Morgan fingerprint density at radius 3 is 2.28 bits per heavy atom. The number of carbonyl (C=O) groups is 1. The summed E-state index contributed by atoms with van der Waals surface area (Å²) in [7, 11) is 0. The maximum absolute atomic E-state index is 11.3. The van der Waals surface area contributed by atoms with Crippen LogP contribution in [-0.4, -0.2) is 18.0 Å². The molecule has 1 aliphatic carbocycles. The highest BCUT2D eigenvalue weighted by atomic mass is 16.1. The van der Waals surface area contributed by atoms with E-state index in [9.17, 15) is 4.79 Å². The lowest BCUT2D eigenvalue weighted by Gasteiger charge is -2.44. The van der Waals surface area contributed by atoms with Gasteiger partial charge in [-0.2, -0.15) is 0 Å². The third-order valence-electron chi connectivity index (χ3n) is 4.43. The van der Waals surface area contributed by atoms with Gasteiger partial charge in [0.05, 0.1) is 0 Å². The summed E-state index contributed by atoms with van der Waals surface area (Å²) in [6.45, 7) is 10.1. The van der Waals surface area contributed by atoms with E-state index in [-0.39, 0.29) is 11.4 Å². The second kappa shape index (κ2) is 6.05. The Labute approximate surface area is 112 Å². The van der Waals surface area contributed by atoms with Crippen molar-refractivity contribution in [3.63, 3.8) is 0 Å². The Balaban J connectivity index is 2.63. The van der Waals surface area contributed by atoms with Crippen LogP contribution >= 0.6 is 0 Å². The van der Waals surface area contributed by atoms with Crippen LogP contribution in [0.2, 0.25) is 0 Å². The molecule has 18 heavy (non-hydrogen) atoms. The molecule has 3 N–H and O–H groups in total. The quantitative estimate of drug-likeness (QED) is 0.792. The van der Waals surface area contributed by atoms with Crippen molar-refractivity contribution in [1.82, 2.24) is 5.32 Å². The van der Waals surface area contributed by atoms with Gasteiger partial charge in [-0.1, -0.05) is 27.7 Å². The van der Waals surface area contributed by atoms with Crippen molar-refractivity contribution in [2.24, 2.45) is 17.1 Å². The standard InChI is InChI=1S/C15H30N2O/c1-5-10-17-15(11-13(16)18)8-6-12(7-9-15)14(2,3)4/h12,17H,5-11H2,1-4H3,(H2,16,18). The summed E-state index contributed by atoms with van der Waals surface area (Å²) in [4.78, 5) is 11.3. The number of primary amides is 1. The van der Waals surface area contributed by atoms with Crippen molar-refractivity contribution in [1.29, 1.82) is 0 Å². The second-order valence-electron chi connectivity index (χ2n) is 6.99. The van der Waals surface area contributed by atoms with E-state index in [0.29, 0.717) is 11.8 Å². The van der Waals surface area contributed by atoms with E-state index < -0.39 is 0 Å². The molecule has 0 unspecified atom stereocenters. The number of amides is 1. The van der Waals surface area contributed by atoms with Gasteiger partial charge < -0.3 is 11.1 Å². The molecular weight excluding hydrogens is 224 g/mol. The Morgan fingerprint density at radius 1 is 1.33 bits per heavy atom. The first-order valence-corrected chi connectivity index (χ1v) is 7.32. The van der Waals surface area contributed by atoms with Crippen LogP contribution in [0.3, 0.4) is 0 Å². The summed E-state index contributed by atoms with van der Waals surface area (Å²) in [6.07, 6.45) is 6.16. The minimum Gasteiger partial charge on any atom is -0.370 e. The van der Waals surface area contributed by atoms with Gasteiger partial charge in [0.1, 0.15) is 0 Å². The number of hydrogen-bond acceptors (Lipinski definition) is 2. The van der Waals surface area contributed by atoms with Gasteiger partial charge >= 0.3 is 0 Å². The zero-order chi connectivity index (χ0) is 13.8. The lowest BCUT2D eigenvalue weighted by molar-refractivity contribution is -0.120. The van der Waals surface area contributed by atoms with E-state index in [1.165, 1.54) is 12.8 Å². The number of nitrogens with two attached hydrogens (primary N) is 1. The summed E-state index contributed by atoms with van der Waals surface area (Å²) in [5.74, 6) is 0.592. The molecule has 0 aliphatic heterocycles. The predicted molar refractivity (Wildman–Crippen MR) is 76.2 cm³/mol. The summed E-state index contributed by atoms with van der Waals surface area (Å²) < 4.78 is 0. The van der Waals surface area contributed by atoms with Crippen LogP contribution in [0, 0.1) is 11.3 Å². The highest BCUT2D eigenvalue weighted by molar-refractivity contribution is 5.75.